The molecule has 1 aliphatic heterocycles. The van der Waals surface area contributed by atoms with Crippen molar-refractivity contribution < 1.29 is 20.1 Å². The molecule has 0 bridgehead atoms. The van der Waals surface area contributed by atoms with Crippen molar-refractivity contribution in [3.05, 3.63) is 0 Å². The maximum atomic E-state index is 9.44. The Bertz CT molecular complexity index is 158. The zero-order valence-electron chi connectivity index (χ0n) is 10.1. The molecule has 0 saturated carbocycles. The quantitative estimate of drug-likeness (QED) is 0.614. The second-order valence-corrected chi connectivity index (χ2v) is 4.02. The molecule has 1 saturated heterocycles. The van der Waals surface area contributed by atoms with E-state index in [2.05, 4.69) is 13.8 Å². The molecule has 1 fully saturated rings. The summed E-state index contributed by atoms with van der Waals surface area (Å²) < 4.78 is 5.08. The van der Waals surface area contributed by atoms with Crippen molar-refractivity contribution in [1.82, 2.24) is 0 Å². The third-order valence-corrected chi connectivity index (χ3v) is 2.44. The van der Waals surface area contributed by atoms with Gasteiger partial charge in [-0.05, 0) is 6.42 Å². The lowest BCUT2D eigenvalue weighted by molar-refractivity contribution is -0.260. The fourth-order valence-electron chi connectivity index (χ4n) is 1.42. The molecular weight excluding hydrogens is 196 g/mol. The summed E-state index contributed by atoms with van der Waals surface area (Å²) in [6.45, 7) is 7.73. The van der Waals surface area contributed by atoms with Crippen LogP contribution in [0, 0.1) is 5.92 Å². The molecule has 1 heterocycles. The van der Waals surface area contributed by atoms with E-state index in [1.54, 1.807) is 6.92 Å². The summed E-state index contributed by atoms with van der Waals surface area (Å²) in [5, 5.41) is 28.1. The molecule has 4 nitrogen and oxygen atoms in total. The maximum absolute atomic E-state index is 9.44. The molecule has 3 N–H and O–H groups in total. The van der Waals surface area contributed by atoms with E-state index in [1.807, 2.05) is 6.92 Å². The molecule has 5 unspecified atom stereocenters. The minimum absolute atomic E-state index is 0.428. The van der Waals surface area contributed by atoms with Gasteiger partial charge in [0.25, 0.3) is 0 Å². The molecular formula is C11H24O4. The first kappa shape index (κ1) is 14.8. The number of ether oxygens (including phenoxy) is 1. The molecule has 0 aromatic heterocycles. The van der Waals surface area contributed by atoms with E-state index in [4.69, 9.17) is 4.74 Å². The number of hydrogen-bond acceptors (Lipinski definition) is 4. The topological polar surface area (TPSA) is 69.9 Å². The second-order valence-electron chi connectivity index (χ2n) is 4.02. The summed E-state index contributed by atoms with van der Waals surface area (Å²) in [6.07, 6.45) is -1.35. The van der Waals surface area contributed by atoms with Crippen LogP contribution in [0.25, 0.3) is 0 Å². The van der Waals surface area contributed by atoms with Gasteiger partial charge in [0.1, 0.15) is 6.10 Å². The van der Waals surface area contributed by atoms with E-state index in [-0.39, 0.29) is 0 Å². The molecule has 0 aliphatic carbocycles. The average Bonchev–Trinajstić information content (AvgIpc) is 2.21. The largest absolute Gasteiger partial charge is 0.390 e. The van der Waals surface area contributed by atoms with Crippen LogP contribution in [-0.2, 0) is 4.74 Å². The molecule has 92 valence electrons. The molecule has 0 amide bonds. The van der Waals surface area contributed by atoms with Gasteiger partial charge < -0.3 is 20.1 Å². The van der Waals surface area contributed by atoms with Gasteiger partial charge in [-0.3, -0.25) is 0 Å². The van der Waals surface area contributed by atoms with Gasteiger partial charge in [0.15, 0.2) is 6.29 Å². The molecule has 1 aliphatic rings. The fraction of sp³-hybridized carbons (Fsp3) is 1.00. The van der Waals surface area contributed by atoms with Crippen LogP contribution in [0.15, 0.2) is 0 Å². The summed E-state index contributed by atoms with van der Waals surface area (Å²) >= 11 is 0. The smallest absolute Gasteiger partial charge is 0.160 e. The van der Waals surface area contributed by atoms with Gasteiger partial charge in [0.2, 0.25) is 0 Å². The highest BCUT2D eigenvalue weighted by molar-refractivity contribution is 4.85. The van der Waals surface area contributed by atoms with Crippen molar-refractivity contribution in [1.29, 1.82) is 0 Å². The van der Waals surface area contributed by atoms with E-state index in [0.29, 0.717) is 6.42 Å². The predicted octanol–water partition coefficient (Wildman–Crippen LogP) is 0.888. The first-order valence-corrected chi connectivity index (χ1v) is 5.69. The summed E-state index contributed by atoms with van der Waals surface area (Å²) in [6, 6.07) is 0. The van der Waals surface area contributed by atoms with Crippen LogP contribution < -0.4 is 0 Å². The van der Waals surface area contributed by atoms with Crippen molar-refractivity contribution in [2.45, 2.75) is 65.1 Å². The van der Waals surface area contributed by atoms with Crippen molar-refractivity contribution in [2.75, 3.05) is 0 Å². The van der Waals surface area contributed by atoms with Crippen molar-refractivity contribution in [3.63, 3.8) is 0 Å². The predicted molar refractivity (Wildman–Crippen MR) is 58.3 cm³/mol. The maximum Gasteiger partial charge on any atom is 0.160 e. The summed E-state index contributed by atoms with van der Waals surface area (Å²) in [5.74, 6) is -0.428. The van der Waals surface area contributed by atoms with Gasteiger partial charge in [-0.25, -0.2) is 0 Å². The lowest BCUT2D eigenvalue weighted by Gasteiger charge is -2.38. The van der Waals surface area contributed by atoms with Crippen molar-refractivity contribution in [2.24, 2.45) is 5.92 Å². The standard InChI is InChI=1S/C8H16O4.C3H8/c1-3-5-7(10)6(9)4(2)8(11)12-5;1-3-2/h4-11H,3H2,1-2H3;3H2,1-2H3. The Kier molecular flexibility index (Phi) is 7.09. The Labute approximate surface area is 91.9 Å². The van der Waals surface area contributed by atoms with Gasteiger partial charge >= 0.3 is 0 Å². The van der Waals surface area contributed by atoms with Gasteiger partial charge in [-0.15, -0.1) is 0 Å². The van der Waals surface area contributed by atoms with E-state index in [9.17, 15) is 15.3 Å². The third-order valence-electron chi connectivity index (χ3n) is 2.44. The lowest BCUT2D eigenvalue weighted by Crippen LogP contribution is -2.53. The van der Waals surface area contributed by atoms with Crippen molar-refractivity contribution >= 4 is 0 Å². The highest BCUT2D eigenvalue weighted by atomic mass is 16.6. The summed E-state index contributed by atoms with van der Waals surface area (Å²) in [7, 11) is 0. The first-order chi connectivity index (χ1) is 6.99. The number of hydrogen-bond donors (Lipinski definition) is 3. The molecule has 15 heavy (non-hydrogen) atoms. The van der Waals surface area contributed by atoms with Gasteiger partial charge in [0, 0.05) is 5.92 Å². The Morgan fingerprint density at radius 1 is 1.00 bits per heavy atom. The Morgan fingerprint density at radius 3 is 1.87 bits per heavy atom. The molecule has 4 heteroatoms. The van der Waals surface area contributed by atoms with Crippen molar-refractivity contribution in [3.8, 4) is 0 Å². The van der Waals surface area contributed by atoms with Crippen LogP contribution >= 0.6 is 0 Å². The SMILES string of the molecule is CCC.CCC1OC(O)C(C)C(O)C1O. The zero-order valence-corrected chi connectivity index (χ0v) is 10.1. The van der Waals surface area contributed by atoms with Gasteiger partial charge in [-0.1, -0.05) is 34.1 Å². The number of rotatable bonds is 1. The third kappa shape index (κ3) is 4.07. The van der Waals surface area contributed by atoms with Crippen LogP contribution in [0.5, 0.6) is 0 Å². The average molecular weight is 220 g/mol. The minimum Gasteiger partial charge on any atom is -0.390 e. The normalized spacial score (nSPS) is 40.6. The van der Waals surface area contributed by atoms with E-state index in [1.165, 1.54) is 6.42 Å². The molecule has 5 atom stereocenters. The monoisotopic (exact) mass is 220 g/mol. The minimum atomic E-state index is -0.964. The summed E-state index contributed by atoms with van der Waals surface area (Å²) in [4.78, 5) is 0. The van der Waals surface area contributed by atoms with Gasteiger partial charge in [-0.2, -0.15) is 0 Å². The van der Waals surface area contributed by atoms with E-state index in [0.717, 1.165) is 0 Å². The summed E-state index contributed by atoms with van der Waals surface area (Å²) in [5.41, 5.74) is 0. The van der Waals surface area contributed by atoms with Crippen LogP contribution in [0.2, 0.25) is 0 Å². The Morgan fingerprint density at radius 2 is 1.47 bits per heavy atom. The van der Waals surface area contributed by atoms with E-state index < -0.39 is 30.5 Å². The highest BCUT2D eigenvalue weighted by Crippen LogP contribution is 2.25. The van der Waals surface area contributed by atoms with Crippen LogP contribution in [0.1, 0.15) is 40.5 Å². The highest BCUT2D eigenvalue weighted by Gasteiger charge is 2.40. The Hall–Kier alpha value is -0.160. The zero-order chi connectivity index (χ0) is 12.0. The molecule has 0 aromatic carbocycles. The van der Waals surface area contributed by atoms with Crippen LogP contribution in [0.3, 0.4) is 0 Å². The second kappa shape index (κ2) is 7.17. The fourth-order valence-corrected chi connectivity index (χ4v) is 1.42. The van der Waals surface area contributed by atoms with Gasteiger partial charge in [0.05, 0.1) is 12.2 Å². The van der Waals surface area contributed by atoms with Crippen LogP contribution in [0.4, 0.5) is 0 Å². The van der Waals surface area contributed by atoms with E-state index >= 15 is 0 Å². The Balaban J connectivity index is 0.000000583. The lowest BCUT2D eigenvalue weighted by atomic mass is 9.91. The first-order valence-electron chi connectivity index (χ1n) is 5.69. The number of aliphatic hydroxyl groups excluding tert-OH is 3. The molecule has 0 spiro atoms. The number of aliphatic hydroxyl groups is 3. The van der Waals surface area contributed by atoms with Crippen LogP contribution in [-0.4, -0.2) is 39.9 Å². The molecule has 0 radical (unpaired) electrons. The molecule has 0 aromatic rings. The molecule has 1 rings (SSSR count).